The Kier molecular flexibility index (Phi) is 3.62. The fraction of sp³-hybridized carbons (Fsp3) is 0.143. The highest BCUT2D eigenvalue weighted by atomic mass is 14.8. The van der Waals surface area contributed by atoms with Gasteiger partial charge in [0, 0.05) is 22.2 Å². The van der Waals surface area contributed by atoms with Crippen LogP contribution >= 0.6 is 0 Å². The molecule has 3 nitrogen and oxygen atoms in total. The van der Waals surface area contributed by atoms with Crippen LogP contribution < -0.4 is 5.73 Å². The minimum Gasteiger partial charge on any atom is -0.398 e. The van der Waals surface area contributed by atoms with Crippen LogP contribution in [0.15, 0.2) is 60.8 Å². The van der Waals surface area contributed by atoms with Gasteiger partial charge in [0.25, 0.3) is 0 Å². The Morgan fingerprint density at radius 1 is 0.875 bits per heavy atom. The Labute approximate surface area is 141 Å². The molecule has 24 heavy (non-hydrogen) atoms. The molecule has 2 aromatic heterocycles. The van der Waals surface area contributed by atoms with Gasteiger partial charge in [-0.25, -0.2) is 0 Å². The van der Waals surface area contributed by atoms with E-state index in [0.717, 1.165) is 46.0 Å². The number of hydrogen-bond donors (Lipinski definition) is 1. The first-order chi connectivity index (χ1) is 11.7. The number of aromatic nitrogens is 2. The zero-order valence-electron chi connectivity index (χ0n) is 13.7. The number of benzene rings is 2. The molecular weight excluding hydrogens is 294 g/mol. The molecule has 0 saturated carbocycles. The van der Waals surface area contributed by atoms with E-state index in [1.165, 1.54) is 11.1 Å². The molecule has 118 valence electrons. The van der Waals surface area contributed by atoms with E-state index in [1.54, 1.807) is 0 Å². The Hall–Kier alpha value is -2.94. The van der Waals surface area contributed by atoms with Crippen LogP contribution in [0.4, 0.5) is 5.69 Å². The largest absolute Gasteiger partial charge is 0.398 e. The number of nitrogen functional groups attached to an aromatic ring is 1. The molecule has 2 aromatic carbocycles. The Morgan fingerprint density at radius 2 is 1.75 bits per heavy atom. The minimum atomic E-state index is 0.750. The third kappa shape index (κ3) is 2.58. The van der Waals surface area contributed by atoms with Crippen molar-refractivity contribution in [3.05, 3.63) is 77.6 Å². The van der Waals surface area contributed by atoms with E-state index in [4.69, 9.17) is 10.7 Å². The summed E-state index contributed by atoms with van der Waals surface area (Å²) in [6.07, 6.45) is 3.76. The maximum atomic E-state index is 6.14. The van der Waals surface area contributed by atoms with Crippen LogP contribution in [0, 0.1) is 6.92 Å². The second-order valence-corrected chi connectivity index (χ2v) is 6.16. The lowest BCUT2D eigenvalue weighted by molar-refractivity contribution is 0.914. The van der Waals surface area contributed by atoms with Crippen molar-refractivity contribution in [1.29, 1.82) is 0 Å². The van der Waals surface area contributed by atoms with Crippen molar-refractivity contribution in [3.63, 3.8) is 0 Å². The highest BCUT2D eigenvalue weighted by molar-refractivity contribution is 6.09. The average molecular weight is 313 g/mol. The van der Waals surface area contributed by atoms with Crippen LogP contribution in [0.2, 0.25) is 0 Å². The molecule has 2 heterocycles. The van der Waals surface area contributed by atoms with E-state index in [9.17, 15) is 0 Å². The van der Waals surface area contributed by atoms with Crippen molar-refractivity contribution in [3.8, 4) is 0 Å². The van der Waals surface area contributed by atoms with Gasteiger partial charge < -0.3 is 5.73 Å². The first-order valence-corrected chi connectivity index (χ1v) is 8.20. The second kappa shape index (κ2) is 5.93. The molecule has 0 aliphatic carbocycles. The van der Waals surface area contributed by atoms with Gasteiger partial charge >= 0.3 is 0 Å². The van der Waals surface area contributed by atoms with Gasteiger partial charge in [0.2, 0.25) is 0 Å². The van der Waals surface area contributed by atoms with E-state index < -0.39 is 0 Å². The summed E-state index contributed by atoms with van der Waals surface area (Å²) in [5.74, 6) is 0. The Bertz CT molecular complexity index is 1040. The van der Waals surface area contributed by atoms with Crippen LogP contribution in [-0.2, 0) is 12.8 Å². The predicted molar refractivity (Wildman–Crippen MR) is 100 cm³/mol. The number of rotatable bonds is 3. The van der Waals surface area contributed by atoms with E-state index in [2.05, 4.69) is 48.3 Å². The SMILES string of the molecule is Cc1ccccc1CCc1ccc2c(cnc3cccc(N)c32)n1. The van der Waals surface area contributed by atoms with Crippen molar-refractivity contribution >= 4 is 27.5 Å². The topological polar surface area (TPSA) is 51.8 Å². The van der Waals surface area contributed by atoms with E-state index in [1.807, 2.05) is 24.4 Å². The molecule has 0 atom stereocenters. The quantitative estimate of drug-likeness (QED) is 0.449. The molecule has 2 N–H and O–H groups in total. The molecule has 0 radical (unpaired) electrons. The number of nitrogens with two attached hydrogens (primary N) is 1. The van der Waals surface area contributed by atoms with E-state index in [-0.39, 0.29) is 0 Å². The lowest BCUT2D eigenvalue weighted by Gasteiger charge is -2.08. The van der Waals surface area contributed by atoms with Crippen molar-refractivity contribution in [1.82, 2.24) is 9.97 Å². The standard InChI is InChI=1S/C21H19N3/c1-14-5-2-3-6-15(14)9-10-16-11-12-17-20(24-16)13-23-19-8-4-7-18(22)21(17)19/h2-8,11-13H,9-10,22H2,1H3. The smallest absolute Gasteiger partial charge is 0.0895 e. The summed E-state index contributed by atoms with van der Waals surface area (Å²) in [6, 6.07) is 18.6. The molecule has 4 aromatic rings. The van der Waals surface area contributed by atoms with Gasteiger partial charge in [-0.1, -0.05) is 36.4 Å². The second-order valence-electron chi connectivity index (χ2n) is 6.16. The molecule has 0 aliphatic rings. The molecule has 4 rings (SSSR count). The van der Waals surface area contributed by atoms with Crippen molar-refractivity contribution in [2.75, 3.05) is 5.73 Å². The molecule has 3 heteroatoms. The number of fused-ring (bicyclic) bond motifs is 3. The van der Waals surface area contributed by atoms with E-state index >= 15 is 0 Å². The average Bonchev–Trinajstić information content (AvgIpc) is 2.61. The maximum Gasteiger partial charge on any atom is 0.0895 e. The molecule has 0 amide bonds. The van der Waals surface area contributed by atoms with Gasteiger partial charge in [-0.3, -0.25) is 9.97 Å². The molecule has 0 fully saturated rings. The third-order valence-electron chi connectivity index (χ3n) is 4.56. The number of anilines is 1. The maximum absolute atomic E-state index is 6.14. The van der Waals surface area contributed by atoms with Crippen LogP contribution in [0.5, 0.6) is 0 Å². The number of aryl methyl sites for hydroxylation is 3. The van der Waals surface area contributed by atoms with Crippen LogP contribution in [0.25, 0.3) is 21.8 Å². The zero-order chi connectivity index (χ0) is 16.5. The summed E-state index contributed by atoms with van der Waals surface area (Å²) in [4.78, 5) is 9.29. The summed E-state index contributed by atoms with van der Waals surface area (Å²) < 4.78 is 0. The number of hydrogen-bond acceptors (Lipinski definition) is 3. The highest BCUT2D eigenvalue weighted by Gasteiger charge is 2.07. The van der Waals surface area contributed by atoms with Gasteiger partial charge in [-0.05, 0) is 49.1 Å². The fourth-order valence-corrected chi connectivity index (χ4v) is 3.21. The first-order valence-electron chi connectivity index (χ1n) is 8.20. The summed E-state index contributed by atoms with van der Waals surface area (Å²) in [5, 5.41) is 2.06. The summed E-state index contributed by atoms with van der Waals surface area (Å²) in [5.41, 5.74) is 12.5. The molecular formula is C21H19N3. The summed E-state index contributed by atoms with van der Waals surface area (Å²) >= 11 is 0. The van der Waals surface area contributed by atoms with Gasteiger partial charge in [-0.15, -0.1) is 0 Å². The molecule has 0 spiro atoms. The van der Waals surface area contributed by atoms with Crippen molar-refractivity contribution in [2.24, 2.45) is 0 Å². The van der Waals surface area contributed by atoms with E-state index in [0.29, 0.717) is 0 Å². The molecule has 0 aliphatic heterocycles. The number of pyridine rings is 2. The van der Waals surface area contributed by atoms with Crippen LogP contribution in [-0.4, -0.2) is 9.97 Å². The van der Waals surface area contributed by atoms with Crippen molar-refractivity contribution < 1.29 is 0 Å². The lowest BCUT2D eigenvalue weighted by atomic mass is 10.0. The minimum absolute atomic E-state index is 0.750. The third-order valence-corrected chi connectivity index (χ3v) is 4.56. The first kappa shape index (κ1) is 14.6. The summed E-state index contributed by atoms with van der Waals surface area (Å²) in [7, 11) is 0. The van der Waals surface area contributed by atoms with Crippen molar-refractivity contribution in [2.45, 2.75) is 19.8 Å². The number of nitrogens with zero attached hydrogens (tertiary/aromatic N) is 2. The highest BCUT2D eigenvalue weighted by Crippen LogP contribution is 2.27. The van der Waals surface area contributed by atoms with Gasteiger partial charge in [0.05, 0.1) is 17.2 Å². The Morgan fingerprint density at radius 3 is 2.62 bits per heavy atom. The molecule has 0 bridgehead atoms. The van der Waals surface area contributed by atoms with Gasteiger partial charge in [-0.2, -0.15) is 0 Å². The Balaban J connectivity index is 1.70. The summed E-state index contributed by atoms with van der Waals surface area (Å²) in [6.45, 7) is 2.15. The monoisotopic (exact) mass is 313 g/mol. The van der Waals surface area contributed by atoms with Gasteiger partial charge in [0.1, 0.15) is 0 Å². The van der Waals surface area contributed by atoms with Crippen LogP contribution in [0.1, 0.15) is 16.8 Å². The van der Waals surface area contributed by atoms with Gasteiger partial charge in [0.15, 0.2) is 0 Å². The lowest BCUT2D eigenvalue weighted by Crippen LogP contribution is -1.98. The van der Waals surface area contributed by atoms with Crippen LogP contribution in [0.3, 0.4) is 0 Å². The molecule has 0 saturated heterocycles. The fourth-order valence-electron chi connectivity index (χ4n) is 3.21. The zero-order valence-corrected chi connectivity index (χ0v) is 13.7. The normalized spacial score (nSPS) is 11.2. The predicted octanol–water partition coefficient (Wildman–Crippen LogP) is 4.46. The molecule has 0 unspecified atom stereocenters.